The summed E-state index contributed by atoms with van der Waals surface area (Å²) in [6, 6.07) is 18.3. The molecule has 0 aromatic heterocycles. The minimum atomic E-state index is -0.343. The van der Waals surface area contributed by atoms with Crippen LogP contribution in [0.4, 0.5) is 0 Å². The summed E-state index contributed by atoms with van der Waals surface area (Å²) >= 11 is 15.3. The van der Waals surface area contributed by atoms with Crippen molar-refractivity contribution in [2.75, 3.05) is 6.54 Å². The second-order valence-electron chi connectivity index (χ2n) is 7.39. The highest BCUT2D eigenvalue weighted by Crippen LogP contribution is 2.26. The molecule has 9 heteroatoms. The van der Waals surface area contributed by atoms with Gasteiger partial charge in [-0.25, -0.2) is 5.43 Å². The fraction of sp³-hybridized carbons (Fsp3) is 0.160. The van der Waals surface area contributed by atoms with Crippen molar-refractivity contribution in [3.8, 4) is 5.75 Å². The van der Waals surface area contributed by atoms with E-state index in [4.69, 9.17) is 27.9 Å². The van der Waals surface area contributed by atoms with Crippen LogP contribution < -0.4 is 15.5 Å². The molecular weight excluding hydrogens is 541 g/mol. The van der Waals surface area contributed by atoms with Gasteiger partial charge in [-0.3, -0.25) is 9.59 Å². The van der Waals surface area contributed by atoms with Gasteiger partial charge in [0.05, 0.1) is 20.7 Å². The number of benzene rings is 3. The second kappa shape index (κ2) is 12.6. The predicted molar refractivity (Wildman–Crippen MR) is 139 cm³/mol. The maximum Gasteiger partial charge on any atom is 0.251 e. The van der Waals surface area contributed by atoms with Gasteiger partial charge < -0.3 is 10.1 Å². The van der Waals surface area contributed by atoms with Crippen LogP contribution in [0.15, 0.2) is 70.2 Å². The molecule has 0 unspecified atom stereocenters. The van der Waals surface area contributed by atoms with E-state index >= 15 is 0 Å². The van der Waals surface area contributed by atoms with Crippen molar-refractivity contribution in [2.45, 2.75) is 20.0 Å². The van der Waals surface area contributed by atoms with Crippen LogP contribution in [0.25, 0.3) is 0 Å². The number of ether oxygens (including phenoxy) is 1. The lowest BCUT2D eigenvalue weighted by Crippen LogP contribution is -2.29. The zero-order chi connectivity index (χ0) is 24.5. The molecule has 34 heavy (non-hydrogen) atoms. The van der Waals surface area contributed by atoms with E-state index in [1.54, 1.807) is 12.1 Å². The third-order valence-corrected chi connectivity index (χ3v) is 6.05. The topological polar surface area (TPSA) is 79.8 Å². The molecule has 0 spiro atoms. The molecule has 0 heterocycles. The molecule has 0 radical (unpaired) electrons. The minimum Gasteiger partial charge on any atom is -0.488 e. The summed E-state index contributed by atoms with van der Waals surface area (Å²) in [5.74, 6) is 0.0340. The maximum absolute atomic E-state index is 12.1. The van der Waals surface area contributed by atoms with Crippen molar-refractivity contribution < 1.29 is 14.3 Å². The van der Waals surface area contributed by atoms with E-state index in [0.717, 1.165) is 15.6 Å². The number of aryl methyl sites for hydroxylation is 1. The van der Waals surface area contributed by atoms with E-state index < -0.39 is 0 Å². The van der Waals surface area contributed by atoms with Crippen LogP contribution in [0.1, 0.15) is 33.5 Å². The summed E-state index contributed by atoms with van der Waals surface area (Å²) in [5.41, 5.74) is 5.87. The number of carbonyl (C=O) groups is 2. The number of hydrogen-bond acceptors (Lipinski definition) is 4. The molecule has 2 amide bonds. The molecule has 2 N–H and O–H groups in total. The predicted octanol–water partition coefficient (Wildman–Crippen LogP) is 5.91. The van der Waals surface area contributed by atoms with E-state index in [1.807, 2.05) is 49.4 Å². The summed E-state index contributed by atoms with van der Waals surface area (Å²) in [5, 5.41) is 7.27. The van der Waals surface area contributed by atoms with Crippen molar-refractivity contribution >= 4 is 57.2 Å². The van der Waals surface area contributed by atoms with E-state index in [9.17, 15) is 9.59 Å². The lowest BCUT2D eigenvalue weighted by molar-refractivity contribution is -0.120. The highest BCUT2D eigenvalue weighted by Gasteiger charge is 2.09. The van der Waals surface area contributed by atoms with Crippen LogP contribution in [0.5, 0.6) is 5.75 Å². The molecule has 0 bridgehead atoms. The molecule has 3 aromatic rings. The highest BCUT2D eigenvalue weighted by molar-refractivity contribution is 9.10. The zero-order valence-electron chi connectivity index (χ0n) is 18.3. The average Bonchev–Trinajstić information content (AvgIpc) is 2.81. The Morgan fingerprint density at radius 1 is 1.03 bits per heavy atom. The number of rotatable bonds is 9. The standard InChI is InChI=1S/C25H22BrCl2N3O3/c1-16-2-4-17(5-3-16)15-34-23-9-6-18(12-20(23)26)14-30-31-24(32)10-11-29-25(33)19-7-8-21(27)22(28)13-19/h2-9,12-14H,10-11,15H2,1H3,(H,29,33)(H,31,32). The molecule has 3 rings (SSSR count). The van der Waals surface area contributed by atoms with Crippen LogP contribution >= 0.6 is 39.1 Å². The van der Waals surface area contributed by atoms with Crippen LogP contribution in [-0.2, 0) is 11.4 Å². The van der Waals surface area contributed by atoms with Crippen molar-refractivity contribution in [2.24, 2.45) is 5.10 Å². The molecule has 0 fully saturated rings. The maximum atomic E-state index is 12.1. The number of carbonyl (C=O) groups excluding carboxylic acids is 2. The molecule has 6 nitrogen and oxygen atoms in total. The lowest BCUT2D eigenvalue weighted by atomic mass is 10.2. The monoisotopic (exact) mass is 561 g/mol. The second-order valence-corrected chi connectivity index (χ2v) is 9.06. The third-order valence-electron chi connectivity index (χ3n) is 4.69. The first-order chi connectivity index (χ1) is 16.3. The molecule has 0 aliphatic heterocycles. The van der Waals surface area contributed by atoms with Crippen LogP contribution in [0.2, 0.25) is 10.0 Å². The fourth-order valence-electron chi connectivity index (χ4n) is 2.82. The Morgan fingerprint density at radius 2 is 1.79 bits per heavy atom. The van der Waals surface area contributed by atoms with Gasteiger partial charge in [0.25, 0.3) is 5.91 Å². The van der Waals surface area contributed by atoms with E-state index in [2.05, 4.69) is 31.8 Å². The first-order valence-electron chi connectivity index (χ1n) is 10.3. The van der Waals surface area contributed by atoms with Gasteiger partial charge in [-0.05, 0) is 70.4 Å². The Bertz CT molecular complexity index is 1200. The number of nitrogens with zero attached hydrogens (tertiary/aromatic N) is 1. The van der Waals surface area contributed by atoms with Crippen LogP contribution in [-0.4, -0.2) is 24.6 Å². The van der Waals surface area contributed by atoms with Gasteiger partial charge in [0.15, 0.2) is 0 Å². The molecule has 0 saturated carbocycles. The normalized spacial score (nSPS) is 10.8. The summed E-state index contributed by atoms with van der Waals surface area (Å²) in [6.07, 6.45) is 1.60. The summed E-state index contributed by atoms with van der Waals surface area (Å²) in [6.45, 7) is 2.66. The van der Waals surface area contributed by atoms with Gasteiger partial charge in [0.1, 0.15) is 12.4 Å². The fourth-order valence-corrected chi connectivity index (χ4v) is 3.63. The molecule has 0 aliphatic carbocycles. The third kappa shape index (κ3) is 7.87. The number of hydrogen-bond donors (Lipinski definition) is 2. The first-order valence-corrected chi connectivity index (χ1v) is 11.9. The van der Waals surface area contributed by atoms with Crippen LogP contribution in [0, 0.1) is 6.92 Å². The Labute approximate surface area is 216 Å². The average molecular weight is 563 g/mol. The molecule has 0 atom stereocenters. The molecule has 3 aromatic carbocycles. The highest BCUT2D eigenvalue weighted by atomic mass is 79.9. The van der Waals surface area contributed by atoms with Crippen molar-refractivity contribution in [3.63, 3.8) is 0 Å². The lowest BCUT2D eigenvalue weighted by Gasteiger charge is -2.09. The SMILES string of the molecule is Cc1ccc(COc2ccc(C=NNC(=O)CCNC(=O)c3ccc(Cl)c(Cl)c3)cc2Br)cc1. The summed E-state index contributed by atoms with van der Waals surface area (Å²) in [7, 11) is 0. The van der Waals surface area contributed by atoms with Crippen molar-refractivity contribution in [1.82, 2.24) is 10.7 Å². The smallest absolute Gasteiger partial charge is 0.251 e. The molecule has 0 saturated heterocycles. The Morgan fingerprint density at radius 3 is 2.50 bits per heavy atom. The quantitative estimate of drug-likeness (QED) is 0.251. The van der Waals surface area contributed by atoms with Crippen molar-refractivity contribution in [1.29, 1.82) is 0 Å². The molecule has 0 aliphatic rings. The van der Waals surface area contributed by atoms with Gasteiger partial charge in [0, 0.05) is 18.5 Å². The zero-order valence-corrected chi connectivity index (χ0v) is 21.4. The van der Waals surface area contributed by atoms with E-state index in [1.165, 1.54) is 17.8 Å². The van der Waals surface area contributed by atoms with E-state index in [0.29, 0.717) is 28.0 Å². The van der Waals surface area contributed by atoms with Crippen LogP contribution in [0.3, 0.4) is 0 Å². The summed E-state index contributed by atoms with van der Waals surface area (Å²) < 4.78 is 6.64. The Balaban J connectivity index is 1.42. The number of amides is 2. The van der Waals surface area contributed by atoms with Gasteiger partial charge in [-0.1, -0.05) is 53.0 Å². The van der Waals surface area contributed by atoms with Gasteiger partial charge in [0.2, 0.25) is 5.91 Å². The number of hydrazone groups is 1. The largest absolute Gasteiger partial charge is 0.488 e. The van der Waals surface area contributed by atoms with Crippen molar-refractivity contribution in [3.05, 3.63) is 97.4 Å². The van der Waals surface area contributed by atoms with E-state index in [-0.39, 0.29) is 24.8 Å². The first kappa shape index (κ1) is 25.7. The summed E-state index contributed by atoms with van der Waals surface area (Å²) in [4.78, 5) is 24.1. The van der Waals surface area contributed by atoms with Gasteiger partial charge >= 0.3 is 0 Å². The molecule has 176 valence electrons. The number of halogens is 3. The number of nitrogens with one attached hydrogen (secondary N) is 2. The van der Waals surface area contributed by atoms with Gasteiger partial charge in [-0.2, -0.15) is 5.10 Å². The Kier molecular flexibility index (Phi) is 9.51. The van der Waals surface area contributed by atoms with Gasteiger partial charge in [-0.15, -0.1) is 0 Å². The Hall–Kier alpha value is -2.87. The molecular formula is C25H22BrCl2N3O3. The minimum absolute atomic E-state index is 0.0693.